The van der Waals surface area contributed by atoms with Crippen LogP contribution in [0.1, 0.15) is 18.4 Å². The first-order valence-electron chi connectivity index (χ1n) is 9.31. The molecule has 3 aliphatic heterocycles. The van der Waals surface area contributed by atoms with Crippen LogP contribution in [0.25, 0.3) is 0 Å². The van der Waals surface area contributed by atoms with Gasteiger partial charge in [0, 0.05) is 26.2 Å². The zero-order valence-corrected chi connectivity index (χ0v) is 14.9. The molecule has 3 heterocycles. The van der Waals surface area contributed by atoms with Crippen LogP contribution in [0, 0.1) is 0 Å². The van der Waals surface area contributed by atoms with Crippen molar-refractivity contribution in [2.24, 2.45) is 0 Å². The fraction of sp³-hybridized carbons (Fsp3) is 0.632. The lowest BCUT2D eigenvalue weighted by Gasteiger charge is -2.40. The molecule has 142 valence electrons. The molecule has 0 bridgehead atoms. The largest absolute Gasteiger partial charge is 0.486 e. The van der Waals surface area contributed by atoms with E-state index in [9.17, 15) is 4.79 Å². The molecule has 0 aromatic heterocycles. The Balaban J connectivity index is 1.42. The molecule has 4 rings (SSSR count). The van der Waals surface area contributed by atoms with E-state index >= 15 is 4.39 Å². The highest BCUT2D eigenvalue weighted by Gasteiger charge is 2.45. The minimum absolute atomic E-state index is 0.137. The molecule has 1 unspecified atom stereocenters. The summed E-state index contributed by atoms with van der Waals surface area (Å²) < 4.78 is 31.9. The van der Waals surface area contributed by atoms with E-state index in [2.05, 4.69) is 0 Å². The van der Waals surface area contributed by atoms with Crippen LogP contribution in [0.15, 0.2) is 18.2 Å². The van der Waals surface area contributed by atoms with Gasteiger partial charge in [-0.1, -0.05) is 6.07 Å². The van der Waals surface area contributed by atoms with Gasteiger partial charge in [-0.05, 0) is 37.1 Å². The van der Waals surface area contributed by atoms with Gasteiger partial charge in [-0.3, -0.25) is 9.69 Å². The summed E-state index contributed by atoms with van der Waals surface area (Å²) in [6.45, 7) is 4.56. The SMILES string of the molecule is O=C(N1CCOCC1)C1(F)CCCN(Cc2ccc3c(c2)OCCO3)C1. The average molecular weight is 364 g/mol. The molecular formula is C19H25FN2O4. The van der Waals surface area contributed by atoms with E-state index < -0.39 is 5.67 Å². The molecule has 1 amide bonds. The molecule has 26 heavy (non-hydrogen) atoms. The second kappa shape index (κ2) is 7.40. The molecule has 0 N–H and O–H groups in total. The molecule has 0 aliphatic carbocycles. The normalized spacial score (nSPS) is 26.6. The number of alkyl halides is 1. The first kappa shape index (κ1) is 17.5. The number of amides is 1. The number of nitrogens with zero attached hydrogens (tertiary/aromatic N) is 2. The Labute approximate surface area is 152 Å². The van der Waals surface area contributed by atoms with Gasteiger partial charge < -0.3 is 19.1 Å². The fourth-order valence-corrected chi connectivity index (χ4v) is 3.90. The molecule has 1 aromatic rings. The third-order valence-corrected chi connectivity index (χ3v) is 5.22. The predicted molar refractivity (Wildman–Crippen MR) is 93.2 cm³/mol. The number of fused-ring (bicyclic) bond motifs is 1. The number of piperidine rings is 1. The second-order valence-corrected chi connectivity index (χ2v) is 7.16. The molecule has 6 nitrogen and oxygen atoms in total. The number of ether oxygens (including phenoxy) is 3. The van der Waals surface area contributed by atoms with Crippen LogP contribution in [-0.2, 0) is 16.1 Å². The second-order valence-electron chi connectivity index (χ2n) is 7.16. The van der Waals surface area contributed by atoms with E-state index in [0.29, 0.717) is 58.9 Å². The molecule has 1 atom stereocenters. The smallest absolute Gasteiger partial charge is 0.261 e. The standard InChI is InChI=1S/C19H25FN2O4/c20-19(18(23)22-6-8-24-9-7-22)4-1-5-21(14-19)13-15-2-3-16-17(12-15)26-11-10-25-16/h2-3,12H,1,4-11,13-14H2. The third kappa shape index (κ3) is 3.64. The maximum Gasteiger partial charge on any atom is 0.261 e. The zero-order valence-electron chi connectivity index (χ0n) is 14.9. The van der Waals surface area contributed by atoms with E-state index in [1.54, 1.807) is 4.90 Å². The number of benzene rings is 1. The summed E-state index contributed by atoms with van der Waals surface area (Å²) in [6.07, 6.45) is 0.970. The highest BCUT2D eigenvalue weighted by atomic mass is 19.1. The van der Waals surface area contributed by atoms with Crippen molar-refractivity contribution < 1.29 is 23.4 Å². The van der Waals surface area contributed by atoms with Crippen LogP contribution in [0.5, 0.6) is 11.5 Å². The van der Waals surface area contributed by atoms with Crippen molar-refractivity contribution in [3.8, 4) is 11.5 Å². The van der Waals surface area contributed by atoms with Crippen molar-refractivity contribution in [1.29, 1.82) is 0 Å². The Morgan fingerprint density at radius 1 is 1.08 bits per heavy atom. The maximum absolute atomic E-state index is 15.5. The van der Waals surface area contributed by atoms with E-state index in [0.717, 1.165) is 23.6 Å². The summed E-state index contributed by atoms with van der Waals surface area (Å²) in [7, 11) is 0. The highest BCUT2D eigenvalue weighted by molar-refractivity contribution is 5.85. The van der Waals surface area contributed by atoms with Gasteiger partial charge in [0.25, 0.3) is 5.91 Å². The van der Waals surface area contributed by atoms with E-state index in [1.165, 1.54) is 0 Å². The van der Waals surface area contributed by atoms with Gasteiger partial charge in [-0.15, -0.1) is 0 Å². The molecule has 0 spiro atoms. The van der Waals surface area contributed by atoms with Gasteiger partial charge >= 0.3 is 0 Å². The summed E-state index contributed by atoms with van der Waals surface area (Å²) in [5.41, 5.74) is -0.763. The number of carbonyl (C=O) groups is 1. The van der Waals surface area contributed by atoms with E-state index in [4.69, 9.17) is 14.2 Å². The molecule has 7 heteroatoms. The predicted octanol–water partition coefficient (Wildman–Crippen LogP) is 1.62. The van der Waals surface area contributed by atoms with E-state index in [-0.39, 0.29) is 12.5 Å². The number of morpholine rings is 1. The van der Waals surface area contributed by atoms with Crippen LogP contribution in [0.4, 0.5) is 4.39 Å². The fourth-order valence-electron chi connectivity index (χ4n) is 3.90. The van der Waals surface area contributed by atoms with Gasteiger partial charge in [-0.25, -0.2) is 4.39 Å². The summed E-state index contributed by atoms with van der Waals surface area (Å²) in [4.78, 5) is 16.3. The molecule has 0 saturated carbocycles. The first-order valence-corrected chi connectivity index (χ1v) is 9.31. The molecule has 2 fully saturated rings. The summed E-state index contributed by atoms with van der Waals surface area (Å²) in [5, 5.41) is 0. The van der Waals surface area contributed by atoms with Crippen molar-refractivity contribution in [3.05, 3.63) is 23.8 Å². The minimum Gasteiger partial charge on any atom is -0.486 e. The number of rotatable bonds is 3. The van der Waals surface area contributed by atoms with Crippen LogP contribution < -0.4 is 9.47 Å². The summed E-state index contributed by atoms with van der Waals surface area (Å²) in [5.74, 6) is 1.11. The van der Waals surface area contributed by atoms with Crippen molar-refractivity contribution in [3.63, 3.8) is 0 Å². The summed E-state index contributed by atoms with van der Waals surface area (Å²) in [6, 6.07) is 5.83. The number of hydrogen-bond acceptors (Lipinski definition) is 5. The highest BCUT2D eigenvalue weighted by Crippen LogP contribution is 2.33. The minimum atomic E-state index is -1.80. The van der Waals surface area contributed by atoms with Gasteiger partial charge in [0.1, 0.15) is 13.2 Å². The van der Waals surface area contributed by atoms with Gasteiger partial charge in [0.05, 0.1) is 13.2 Å². The molecular weight excluding hydrogens is 339 g/mol. The van der Waals surface area contributed by atoms with Crippen LogP contribution in [0.2, 0.25) is 0 Å². The van der Waals surface area contributed by atoms with Crippen molar-refractivity contribution in [2.75, 3.05) is 52.6 Å². The lowest BCUT2D eigenvalue weighted by Crippen LogP contribution is -2.57. The molecule has 0 radical (unpaired) electrons. The van der Waals surface area contributed by atoms with Crippen molar-refractivity contribution in [1.82, 2.24) is 9.80 Å². The number of halogens is 1. The zero-order chi connectivity index (χ0) is 18.0. The quantitative estimate of drug-likeness (QED) is 0.816. The number of hydrogen-bond donors (Lipinski definition) is 0. The monoisotopic (exact) mass is 364 g/mol. The van der Waals surface area contributed by atoms with Crippen LogP contribution >= 0.6 is 0 Å². The Kier molecular flexibility index (Phi) is 5.00. The maximum atomic E-state index is 15.5. The van der Waals surface area contributed by atoms with Gasteiger partial charge in [0.15, 0.2) is 11.5 Å². The van der Waals surface area contributed by atoms with Crippen LogP contribution in [-0.4, -0.2) is 74.0 Å². The average Bonchev–Trinajstić information content (AvgIpc) is 2.68. The number of carbonyl (C=O) groups excluding carboxylic acids is 1. The topological polar surface area (TPSA) is 51.2 Å². The molecule has 1 aromatic carbocycles. The Hall–Kier alpha value is -1.86. The van der Waals surface area contributed by atoms with Crippen LogP contribution in [0.3, 0.4) is 0 Å². The Morgan fingerprint density at radius 3 is 2.65 bits per heavy atom. The van der Waals surface area contributed by atoms with E-state index in [1.807, 2.05) is 23.1 Å². The van der Waals surface area contributed by atoms with Gasteiger partial charge in [-0.2, -0.15) is 0 Å². The van der Waals surface area contributed by atoms with Crippen molar-refractivity contribution in [2.45, 2.75) is 25.1 Å². The molecule has 2 saturated heterocycles. The lowest BCUT2D eigenvalue weighted by molar-refractivity contribution is -0.152. The third-order valence-electron chi connectivity index (χ3n) is 5.22. The van der Waals surface area contributed by atoms with Gasteiger partial charge in [0.2, 0.25) is 5.67 Å². The Morgan fingerprint density at radius 2 is 1.85 bits per heavy atom. The number of likely N-dealkylation sites (tertiary alicyclic amines) is 1. The Bertz CT molecular complexity index is 665. The summed E-state index contributed by atoms with van der Waals surface area (Å²) >= 11 is 0. The first-order chi connectivity index (χ1) is 12.6. The van der Waals surface area contributed by atoms with Crippen molar-refractivity contribution >= 4 is 5.91 Å². The molecule has 3 aliphatic rings. The lowest BCUT2D eigenvalue weighted by atomic mass is 9.92.